The summed E-state index contributed by atoms with van der Waals surface area (Å²) < 4.78 is 41.6. The van der Waals surface area contributed by atoms with Crippen LogP contribution in [0.1, 0.15) is 19.2 Å². The quantitative estimate of drug-likeness (QED) is 0.842. The predicted molar refractivity (Wildman–Crippen MR) is 81.3 cm³/mol. The van der Waals surface area contributed by atoms with Crippen LogP contribution >= 0.6 is 11.8 Å². The minimum atomic E-state index is -4.65. The Labute approximate surface area is 140 Å². The van der Waals surface area contributed by atoms with Gasteiger partial charge in [-0.2, -0.15) is 18.2 Å². The molecule has 2 aromatic rings. The van der Waals surface area contributed by atoms with Gasteiger partial charge in [0.1, 0.15) is 0 Å². The fraction of sp³-hybridized carbons (Fsp3) is 0.400. The highest BCUT2D eigenvalue weighted by atomic mass is 32.2. The van der Waals surface area contributed by atoms with Crippen LogP contribution in [0, 0.1) is 0 Å². The van der Waals surface area contributed by atoms with Crippen molar-refractivity contribution in [3.63, 3.8) is 0 Å². The van der Waals surface area contributed by atoms with Crippen LogP contribution in [-0.2, 0) is 11.0 Å². The van der Waals surface area contributed by atoms with Crippen LogP contribution in [0.2, 0.25) is 0 Å². The molecule has 0 radical (unpaired) electrons. The summed E-state index contributed by atoms with van der Waals surface area (Å²) in [5.41, 5.74) is 0.454. The first kappa shape index (κ1) is 16.8. The fourth-order valence-corrected chi connectivity index (χ4v) is 3.60. The Morgan fingerprint density at radius 2 is 2.04 bits per heavy atom. The largest absolute Gasteiger partial charge is 0.471 e. The van der Waals surface area contributed by atoms with Crippen LogP contribution in [0.25, 0.3) is 11.4 Å². The summed E-state index contributed by atoms with van der Waals surface area (Å²) in [7, 11) is 0. The van der Waals surface area contributed by atoms with Crippen molar-refractivity contribution in [2.75, 3.05) is 13.1 Å². The number of rotatable bonds is 3. The molecule has 1 aromatic carbocycles. The van der Waals surface area contributed by atoms with Crippen molar-refractivity contribution in [2.45, 2.75) is 29.7 Å². The summed E-state index contributed by atoms with van der Waals surface area (Å²) >= 11 is 1.65. The first-order chi connectivity index (χ1) is 11.3. The van der Waals surface area contributed by atoms with Crippen LogP contribution in [0.3, 0.4) is 0 Å². The molecule has 1 aromatic heterocycles. The maximum absolute atomic E-state index is 12.5. The zero-order valence-electron chi connectivity index (χ0n) is 12.7. The van der Waals surface area contributed by atoms with Crippen molar-refractivity contribution in [1.29, 1.82) is 0 Å². The zero-order valence-corrected chi connectivity index (χ0v) is 13.5. The van der Waals surface area contributed by atoms with Gasteiger partial charge >= 0.3 is 12.1 Å². The van der Waals surface area contributed by atoms with Crippen LogP contribution in [-0.4, -0.2) is 39.3 Å². The molecule has 1 aliphatic heterocycles. The number of aromatic nitrogens is 2. The van der Waals surface area contributed by atoms with E-state index in [0.29, 0.717) is 17.4 Å². The van der Waals surface area contributed by atoms with Gasteiger partial charge in [-0.3, -0.25) is 4.79 Å². The number of carbonyl (C=O) groups excluding carboxylic acids is 1. The Balaban J connectivity index is 1.66. The van der Waals surface area contributed by atoms with Crippen molar-refractivity contribution in [3.8, 4) is 11.4 Å². The van der Waals surface area contributed by atoms with E-state index in [1.807, 2.05) is 4.90 Å². The van der Waals surface area contributed by atoms with Gasteiger partial charge in [-0.25, -0.2) is 0 Å². The number of carbonyl (C=O) groups is 1. The van der Waals surface area contributed by atoms with Gasteiger partial charge in [0.05, 0.1) is 0 Å². The molecule has 0 bridgehead atoms. The van der Waals surface area contributed by atoms with Gasteiger partial charge in [-0.15, -0.1) is 11.8 Å². The van der Waals surface area contributed by atoms with Crippen molar-refractivity contribution in [2.24, 2.45) is 0 Å². The molecule has 0 aliphatic carbocycles. The zero-order chi connectivity index (χ0) is 17.3. The number of nitrogens with zero attached hydrogens (tertiary/aromatic N) is 3. The molecule has 1 amide bonds. The average molecular weight is 357 g/mol. The Bertz CT molecular complexity index is 730. The molecule has 9 heteroatoms. The number of benzene rings is 1. The molecule has 0 N–H and O–H groups in total. The monoisotopic (exact) mass is 357 g/mol. The van der Waals surface area contributed by atoms with Gasteiger partial charge in [0, 0.05) is 35.7 Å². The second-order valence-corrected chi connectivity index (χ2v) is 6.81. The summed E-state index contributed by atoms with van der Waals surface area (Å²) in [6.07, 6.45) is -3.72. The van der Waals surface area contributed by atoms with E-state index < -0.39 is 12.1 Å². The first-order valence-electron chi connectivity index (χ1n) is 7.26. The van der Waals surface area contributed by atoms with Gasteiger partial charge in [-0.05, 0) is 30.7 Å². The lowest BCUT2D eigenvalue weighted by Crippen LogP contribution is -2.26. The molecule has 1 aliphatic rings. The van der Waals surface area contributed by atoms with E-state index in [2.05, 4.69) is 14.7 Å². The summed E-state index contributed by atoms with van der Waals surface area (Å²) in [6.45, 7) is 3.03. The summed E-state index contributed by atoms with van der Waals surface area (Å²) in [4.78, 5) is 17.5. The number of halogens is 3. The first-order valence-corrected chi connectivity index (χ1v) is 8.14. The topological polar surface area (TPSA) is 59.2 Å². The molecular formula is C15H14F3N3O2S. The summed E-state index contributed by atoms with van der Waals surface area (Å²) in [5, 5.41) is 3.68. The number of likely N-dealkylation sites (tertiary alicyclic amines) is 1. The molecule has 1 fully saturated rings. The lowest BCUT2D eigenvalue weighted by Gasteiger charge is -2.13. The highest BCUT2D eigenvalue weighted by Crippen LogP contribution is 2.32. The van der Waals surface area contributed by atoms with E-state index in [1.165, 1.54) is 0 Å². The maximum Gasteiger partial charge on any atom is 0.471 e. The van der Waals surface area contributed by atoms with E-state index >= 15 is 0 Å². The highest BCUT2D eigenvalue weighted by Gasteiger charge is 2.38. The molecule has 1 saturated heterocycles. The predicted octanol–water partition coefficient (Wildman–Crippen LogP) is 3.47. The number of amides is 1. The second-order valence-electron chi connectivity index (χ2n) is 5.44. The third kappa shape index (κ3) is 3.72. The normalized spacial score (nSPS) is 18.2. The Hall–Kier alpha value is -2.03. The fourth-order valence-electron chi connectivity index (χ4n) is 2.44. The Morgan fingerprint density at radius 1 is 1.33 bits per heavy atom. The van der Waals surface area contributed by atoms with E-state index in [-0.39, 0.29) is 11.7 Å². The van der Waals surface area contributed by atoms with Crippen molar-refractivity contribution < 1.29 is 22.5 Å². The molecule has 0 saturated carbocycles. The van der Waals surface area contributed by atoms with Gasteiger partial charge in [0.25, 0.3) is 0 Å². The van der Waals surface area contributed by atoms with E-state index in [1.54, 1.807) is 43.0 Å². The smallest absolute Gasteiger partial charge is 0.342 e. The minimum Gasteiger partial charge on any atom is -0.342 e. The molecule has 2 heterocycles. The van der Waals surface area contributed by atoms with Crippen molar-refractivity contribution in [3.05, 3.63) is 30.2 Å². The highest BCUT2D eigenvalue weighted by molar-refractivity contribution is 8.00. The molecule has 24 heavy (non-hydrogen) atoms. The molecule has 128 valence electrons. The lowest BCUT2D eigenvalue weighted by molar-refractivity contribution is -0.159. The number of hydrogen-bond donors (Lipinski definition) is 0. The SMILES string of the molecule is CC(=O)N1CC[C@@H](Sc2ccc(-c3noc(C(F)(F)F)n3)cc2)C1. The van der Waals surface area contributed by atoms with Gasteiger partial charge in [0.2, 0.25) is 11.7 Å². The minimum absolute atomic E-state index is 0.0750. The third-order valence-electron chi connectivity index (χ3n) is 3.67. The second kappa shape index (κ2) is 6.46. The van der Waals surface area contributed by atoms with Gasteiger partial charge < -0.3 is 9.42 Å². The standard InChI is InChI=1S/C15H14F3N3O2S/c1-9(22)21-7-6-12(8-21)24-11-4-2-10(3-5-11)13-19-14(23-20-13)15(16,17)18/h2-5,12H,6-8H2,1H3/t12-/m1/s1. The summed E-state index contributed by atoms with van der Waals surface area (Å²) in [6, 6.07) is 6.93. The number of hydrogen-bond acceptors (Lipinski definition) is 5. The van der Waals surface area contributed by atoms with E-state index in [0.717, 1.165) is 17.9 Å². The van der Waals surface area contributed by atoms with Crippen molar-refractivity contribution >= 4 is 17.7 Å². The third-order valence-corrected chi connectivity index (χ3v) is 4.94. The molecule has 5 nitrogen and oxygen atoms in total. The van der Waals surface area contributed by atoms with Crippen LogP contribution in [0.15, 0.2) is 33.7 Å². The van der Waals surface area contributed by atoms with E-state index in [9.17, 15) is 18.0 Å². The number of thioether (sulfide) groups is 1. The van der Waals surface area contributed by atoms with Crippen LogP contribution in [0.4, 0.5) is 13.2 Å². The molecule has 0 unspecified atom stereocenters. The molecular weight excluding hydrogens is 343 g/mol. The van der Waals surface area contributed by atoms with Crippen molar-refractivity contribution in [1.82, 2.24) is 15.0 Å². The summed E-state index contributed by atoms with van der Waals surface area (Å²) in [5.74, 6) is -1.38. The van der Waals surface area contributed by atoms with Gasteiger partial charge in [-0.1, -0.05) is 5.16 Å². The molecule has 3 rings (SSSR count). The maximum atomic E-state index is 12.5. The molecule has 1 atom stereocenters. The molecule has 0 spiro atoms. The van der Waals surface area contributed by atoms with Gasteiger partial charge in [0.15, 0.2) is 0 Å². The Morgan fingerprint density at radius 3 is 2.58 bits per heavy atom. The average Bonchev–Trinajstić information content (AvgIpc) is 3.16. The van der Waals surface area contributed by atoms with Crippen LogP contribution < -0.4 is 0 Å². The number of alkyl halides is 3. The van der Waals surface area contributed by atoms with E-state index in [4.69, 9.17) is 0 Å². The Kier molecular flexibility index (Phi) is 4.53. The van der Waals surface area contributed by atoms with Crippen LogP contribution in [0.5, 0.6) is 0 Å². The lowest BCUT2D eigenvalue weighted by atomic mass is 10.2.